The van der Waals surface area contributed by atoms with E-state index in [0.717, 1.165) is 29.7 Å². The number of esters is 1. The Bertz CT molecular complexity index is 555. The molecule has 1 saturated carbocycles. The van der Waals surface area contributed by atoms with Gasteiger partial charge in [-0.25, -0.2) is 4.79 Å². The molecule has 1 aliphatic rings. The number of nitrogens with zero attached hydrogens (tertiary/aromatic N) is 1. The molecule has 0 aliphatic heterocycles. The minimum Gasteiger partial charge on any atom is -0.467 e. The molecule has 4 heteroatoms. The number of methoxy groups -OCH3 is 1. The number of rotatable bonds is 4. The average Bonchev–Trinajstić information content (AvgIpc) is 3.20. The number of ether oxygens (including phenoxy) is 1. The van der Waals surface area contributed by atoms with Gasteiger partial charge in [0.15, 0.2) is 0 Å². The van der Waals surface area contributed by atoms with Gasteiger partial charge in [-0.2, -0.15) is 0 Å². The van der Waals surface area contributed by atoms with E-state index in [-0.39, 0.29) is 11.3 Å². The topological polar surface area (TPSA) is 46.6 Å². The van der Waals surface area contributed by atoms with E-state index in [1.807, 2.05) is 39.0 Å². The third kappa shape index (κ3) is 2.80. The lowest BCUT2D eigenvalue weighted by molar-refractivity contribution is -0.143. The van der Waals surface area contributed by atoms with Gasteiger partial charge in [-0.15, -0.1) is 0 Å². The maximum absolute atomic E-state index is 12.9. The Labute approximate surface area is 126 Å². The Morgan fingerprint density at radius 3 is 2.19 bits per heavy atom. The van der Waals surface area contributed by atoms with Gasteiger partial charge in [-0.05, 0) is 44.7 Å². The van der Waals surface area contributed by atoms with Crippen molar-refractivity contribution in [3.63, 3.8) is 0 Å². The normalized spacial score (nSPS) is 17.0. The minimum atomic E-state index is -0.625. The summed E-state index contributed by atoms with van der Waals surface area (Å²) in [5.74, 6) is -0.381. The zero-order valence-electron chi connectivity index (χ0n) is 13.4. The van der Waals surface area contributed by atoms with Crippen LogP contribution in [0.2, 0.25) is 0 Å². The first-order valence-corrected chi connectivity index (χ1v) is 7.29. The van der Waals surface area contributed by atoms with Gasteiger partial charge in [0.2, 0.25) is 5.91 Å². The van der Waals surface area contributed by atoms with Gasteiger partial charge >= 0.3 is 5.97 Å². The summed E-state index contributed by atoms with van der Waals surface area (Å²) < 4.78 is 4.84. The second-order valence-electron chi connectivity index (χ2n) is 6.18. The number of hydrogen-bond acceptors (Lipinski definition) is 3. The summed E-state index contributed by atoms with van der Waals surface area (Å²) in [4.78, 5) is 26.5. The molecular formula is C17H23NO3. The molecule has 2 rings (SSSR count). The van der Waals surface area contributed by atoms with Gasteiger partial charge in [0.25, 0.3) is 0 Å². The fourth-order valence-corrected chi connectivity index (χ4v) is 2.62. The van der Waals surface area contributed by atoms with Gasteiger partial charge in [0.05, 0.1) is 12.8 Å². The average molecular weight is 289 g/mol. The maximum Gasteiger partial charge on any atom is 0.328 e. The first-order valence-electron chi connectivity index (χ1n) is 7.29. The largest absolute Gasteiger partial charge is 0.467 e. The summed E-state index contributed by atoms with van der Waals surface area (Å²) in [5.41, 5.74) is 2.47. The van der Waals surface area contributed by atoms with E-state index >= 15 is 0 Å². The lowest BCUT2D eigenvalue weighted by Crippen LogP contribution is -2.47. The highest BCUT2D eigenvalue weighted by Crippen LogP contribution is 2.48. The van der Waals surface area contributed by atoms with E-state index in [4.69, 9.17) is 4.74 Å². The number of para-hydroxylation sites is 1. The minimum absolute atomic E-state index is 0.0119. The second kappa shape index (κ2) is 5.51. The predicted octanol–water partition coefficient (Wildman–Crippen LogP) is 3.00. The standard InChI is InChI=1S/C17H23NO3/c1-11-7-6-8-12(2)14(11)18(13(3)15(19)21-5)16(20)17(4)9-10-17/h6-8,13H,9-10H2,1-5H3. The van der Waals surface area contributed by atoms with Crippen molar-refractivity contribution in [2.45, 2.75) is 46.6 Å². The summed E-state index contributed by atoms with van der Waals surface area (Å²) in [6.07, 6.45) is 1.75. The first-order chi connectivity index (χ1) is 9.81. The fraction of sp³-hybridized carbons (Fsp3) is 0.529. The molecule has 1 aromatic carbocycles. The number of amides is 1. The molecule has 114 valence electrons. The molecule has 1 amide bonds. The van der Waals surface area contributed by atoms with Crippen LogP contribution in [0.5, 0.6) is 0 Å². The SMILES string of the molecule is COC(=O)C(C)N(C(=O)C1(C)CC1)c1c(C)cccc1C. The Hall–Kier alpha value is -1.84. The molecule has 0 spiro atoms. The van der Waals surface area contributed by atoms with Crippen LogP contribution < -0.4 is 4.90 Å². The molecule has 0 radical (unpaired) electrons. The Kier molecular flexibility index (Phi) is 4.08. The Morgan fingerprint density at radius 1 is 1.24 bits per heavy atom. The second-order valence-corrected chi connectivity index (χ2v) is 6.18. The molecule has 0 N–H and O–H groups in total. The molecule has 0 aromatic heterocycles. The number of hydrogen-bond donors (Lipinski definition) is 0. The van der Waals surface area contributed by atoms with Crippen LogP contribution in [0, 0.1) is 19.3 Å². The van der Waals surface area contributed by atoms with Crippen molar-refractivity contribution in [3.05, 3.63) is 29.3 Å². The van der Waals surface area contributed by atoms with E-state index in [1.165, 1.54) is 7.11 Å². The van der Waals surface area contributed by atoms with Crippen molar-refractivity contribution >= 4 is 17.6 Å². The van der Waals surface area contributed by atoms with Crippen molar-refractivity contribution in [1.29, 1.82) is 0 Å². The molecule has 1 aromatic rings. The Morgan fingerprint density at radius 2 is 1.76 bits per heavy atom. The summed E-state index contributed by atoms with van der Waals surface area (Å²) in [7, 11) is 1.35. The number of aryl methyl sites for hydroxylation is 2. The quantitative estimate of drug-likeness (QED) is 0.801. The van der Waals surface area contributed by atoms with E-state index in [0.29, 0.717) is 0 Å². The zero-order valence-corrected chi connectivity index (χ0v) is 13.4. The number of benzene rings is 1. The van der Waals surface area contributed by atoms with Crippen LogP contribution in [0.4, 0.5) is 5.69 Å². The van der Waals surface area contributed by atoms with Gasteiger partial charge in [-0.3, -0.25) is 9.69 Å². The van der Waals surface area contributed by atoms with Crippen LogP contribution >= 0.6 is 0 Å². The number of carbonyl (C=O) groups excluding carboxylic acids is 2. The third-order valence-electron chi connectivity index (χ3n) is 4.35. The molecule has 1 unspecified atom stereocenters. The van der Waals surface area contributed by atoms with Crippen LogP contribution in [0.15, 0.2) is 18.2 Å². The molecule has 1 aliphatic carbocycles. The highest BCUT2D eigenvalue weighted by atomic mass is 16.5. The molecule has 0 heterocycles. The highest BCUT2D eigenvalue weighted by Gasteiger charge is 2.49. The van der Waals surface area contributed by atoms with Gasteiger partial charge in [-0.1, -0.05) is 25.1 Å². The number of anilines is 1. The molecule has 1 atom stereocenters. The molecular weight excluding hydrogens is 266 g/mol. The van der Waals surface area contributed by atoms with E-state index in [1.54, 1.807) is 11.8 Å². The fourth-order valence-electron chi connectivity index (χ4n) is 2.62. The lowest BCUT2D eigenvalue weighted by Gasteiger charge is -2.32. The van der Waals surface area contributed by atoms with Crippen molar-refractivity contribution < 1.29 is 14.3 Å². The summed E-state index contributed by atoms with van der Waals surface area (Å²) in [6, 6.07) is 5.25. The molecule has 4 nitrogen and oxygen atoms in total. The van der Waals surface area contributed by atoms with Crippen molar-refractivity contribution in [3.8, 4) is 0 Å². The molecule has 21 heavy (non-hydrogen) atoms. The molecule has 1 fully saturated rings. The zero-order chi connectivity index (χ0) is 15.8. The van der Waals surface area contributed by atoms with Crippen molar-refractivity contribution in [1.82, 2.24) is 0 Å². The van der Waals surface area contributed by atoms with E-state index in [2.05, 4.69) is 0 Å². The summed E-state index contributed by atoms with van der Waals surface area (Å²) in [6.45, 7) is 7.60. The van der Waals surface area contributed by atoms with Crippen molar-refractivity contribution in [2.24, 2.45) is 5.41 Å². The van der Waals surface area contributed by atoms with Crippen LogP contribution in [0.3, 0.4) is 0 Å². The monoisotopic (exact) mass is 289 g/mol. The summed E-state index contributed by atoms with van der Waals surface area (Å²) >= 11 is 0. The Balaban J connectivity index is 2.50. The summed E-state index contributed by atoms with van der Waals surface area (Å²) in [5, 5.41) is 0. The first kappa shape index (κ1) is 15.5. The van der Waals surface area contributed by atoms with Crippen LogP contribution in [-0.4, -0.2) is 25.0 Å². The van der Waals surface area contributed by atoms with Crippen LogP contribution in [0.1, 0.15) is 37.8 Å². The predicted molar refractivity (Wildman–Crippen MR) is 82.2 cm³/mol. The van der Waals surface area contributed by atoms with Gasteiger partial charge < -0.3 is 4.74 Å². The molecule has 0 bridgehead atoms. The highest BCUT2D eigenvalue weighted by molar-refractivity contribution is 6.04. The maximum atomic E-state index is 12.9. The van der Waals surface area contributed by atoms with Crippen LogP contribution in [0.25, 0.3) is 0 Å². The molecule has 0 saturated heterocycles. The van der Waals surface area contributed by atoms with Gasteiger partial charge in [0.1, 0.15) is 6.04 Å². The van der Waals surface area contributed by atoms with Crippen molar-refractivity contribution in [2.75, 3.05) is 12.0 Å². The number of carbonyl (C=O) groups is 2. The third-order valence-corrected chi connectivity index (χ3v) is 4.35. The van der Waals surface area contributed by atoms with Gasteiger partial charge in [0, 0.05) is 5.41 Å². The lowest BCUT2D eigenvalue weighted by atomic mass is 10.0. The van der Waals surface area contributed by atoms with E-state index in [9.17, 15) is 9.59 Å². The van der Waals surface area contributed by atoms with E-state index < -0.39 is 12.0 Å². The smallest absolute Gasteiger partial charge is 0.328 e. The van der Waals surface area contributed by atoms with Crippen LogP contribution in [-0.2, 0) is 14.3 Å².